The zero-order valence-electron chi connectivity index (χ0n) is 15.8. The molecule has 0 bridgehead atoms. The summed E-state index contributed by atoms with van der Waals surface area (Å²) in [5.74, 6) is 1.20. The monoisotopic (exact) mass is 412 g/mol. The van der Waals surface area contributed by atoms with E-state index < -0.39 is 6.04 Å². The van der Waals surface area contributed by atoms with E-state index in [4.69, 9.17) is 11.6 Å². The fourth-order valence-corrected chi connectivity index (χ4v) is 3.17. The van der Waals surface area contributed by atoms with Crippen LogP contribution in [-0.4, -0.2) is 34.1 Å². The summed E-state index contributed by atoms with van der Waals surface area (Å²) >= 11 is 6.13. The minimum Gasteiger partial charge on any atom is -0.340 e. The van der Waals surface area contributed by atoms with Gasteiger partial charge >= 0.3 is 0 Å². The van der Waals surface area contributed by atoms with Crippen molar-refractivity contribution in [2.75, 3.05) is 5.32 Å². The number of anilines is 1. The van der Waals surface area contributed by atoms with Crippen LogP contribution in [-0.2, 0) is 20.5 Å². The molecule has 0 aliphatic carbocycles. The lowest BCUT2D eigenvalue weighted by molar-refractivity contribution is 0.626. The summed E-state index contributed by atoms with van der Waals surface area (Å²) in [6.45, 7) is 0. The highest BCUT2D eigenvalue weighted by atomic mass is 35.5. The first-order valence-corrected chi connectivity index (χ1v) is 9.22. The van der Waals surface area contributed by atoms with Crippen LogP contribution in [0.4, 0.5) is 10.3 Å². The quantitative estimate of drug-likeness (QED) is 0.524. The predicted octanol–water partition coefficient (Wildman–Crippen LogP) is 2.92. The fraction of sp³-hybridized carbons (Fsp3) is 0.211. The summed E-state index contributed by atoms with van der Waals surface area (Å²) in [6, 6.07) is 5.79. The van der Waals surface area contributed by atoms with Crippen molar-refractivity contribution >= 4 is 17.5 Å². The molecule has 0 amide bonds. The maximum atomic E-state index is 13.4. The van der Waals surface area contributed by atoms with E-state index >= 15 is 0 Å². The first-order valence-electron chi connectivity index (χ1n) is 8.84. The van der Waals surface area contributed by atoms with Gasteiger partial charge in [0, 0.05) is 32.7 Å². The summed E-state index contributed by atoms with van der Waals surface area (Å²) in [5, 5.41) is 3.33. The molecule has 0 aliphatic heterocycles. The van der Waals surface area contributed by atoms with Crippen molar-refractivity contribution < 1.29 is 4.39 Å². The molecule has 1 N–H and O–H groups in total. The zero-order valence-corrected chi connectivity index (χ0v) is 16.5. The van der Waals surface area contributed by atoms with E-state index in [1.54, 1.807) is 24.7 Å². The minimum atomic E-state index is -0.406. The summed E-state index contributed by atoms with van der Waals surface area (Å²) in [6.07, 6.45) is 7.55. The highest BCUT2D eigenvalue weighted by Gasteiger charge is 2.20. The standard InChI is InChI=1S/C19H18ClFN8/c1-28-10-14(23-11-28)9-15-24-18(20)27-19(25-15)26-16(17-22-7-8-29(17)2)12-3-5-13(21)6-4-12/h3-8,10-11,16H,9H2,1-2H3,(H,24,25,26,27). The van der Waals surface area contributed by atoms with Crippen molar-refractivity contribution in [2.24, 2.45) is 14.1 Å². The zero-order chi connectivity index (χ0) is 20.4. The Morgan fingerprint density at radius 2 is 1.90 bits per heavy atom. The van der Waals surface area contributed by atoms with Gasteiger partial charge in [0.05, 0.1) is 18.4 Å². The van der Waals surface area contributed by atoms with Gasteiger partial charge in [-0.3, -0.25) is 0 Å². The molecule has 1 unspecified atom stereocenters. The third-order valence-electron chi connectivity index (χ3n) is 4.35. The van der Waals surface area contributed by atoms with Gasteiger partial charge in [0.25, 0.3) is 0 Å². The van der Waals surface area contributed by atoms with Crippen LogP contribution in [0.25, 0.3) is 0 Å². The smallest absolute Gasteiger partial charge is 0.228 e. The lowest BCUT2D eigenvalue weighted by Crippen LogP contribution is -2.19. The maximum Gasteiger partial charge on any atom is 0.228 e. The van der Waals surface area contributed by atoms with E-state index in [0.29, 0.717) is 18.2 Å². The highest BCUT2D eigenvalue weighted by molar-refractivity contribution is 6.28. The second kappa shape index (κ2) is 7.96. The molecule has 3 heterocycles. The van der Waals surface area contributed by atoms with Crippen molar-refractivity contribution in [1.82, 2.24) is 34.1 Å². The van der Waals surface area contributed by atoms with E-state index in [1.807, 2.05) is 35.6 Å². The minimum absolute atomic E-state index is 0.0751. The molecule has 0 saturated carbocycles. The maximum absolute atomic E-state index is 13.4. The Kier molecular flexibility index (Phi) is 5.22. The molecule has 148 valence electrons. The molecule has 10 heteroatoms. The van der Waals surface area contributed by atoms with Crippen molar-refractivity contribution in [3.8, 4) is 0 Å². The largest absolute Gasteiger partial charge is 0.340 e. The Balaban J connectivity index is 1.66. The van der Waals surface area contributed by atoms with Gasteiger partial charge < -0.3 is 14.5 Å². The third-order valence-corrected chi connectivity index (χ3v) is 4.51. The van der Waals surface area contributed by atoms with Gasteiger partial charge in [-0.2, -0.15) is 9.97 Å². The number of benzene rings is 1. The van der Waals surface area contributed by atoms with E-state index in [2.05, 4.69) is 30.2 Å². The van der Waals surface area contributed by atoms with Crippen LogP contribution >= 0.6 is 11.6 Å². The molecule has 0 aliphatic rings. The SMILES string of the molecule is Cn1cnc(Cc2nc(Cl)nc(NC(c3ccc(F)cc3)c3nccn3C)n2)c1. The van der Waals surface area contributed by atoms with Crippen LogP contribution < -0.4 is 5.32 Å². The molecule has 3 aromatic heterocycles. The second-order valence-corrected chi connectivity index (χ2v) is 6.91. The Morgan fingerprint density at radius 3 is 2.55 bits per heavy atom. The van der Waals surface area contributed by atoms with Gasteiger partial charge in [0.15, 0.2) is 0 Å². The summed E-state index contributed by atoms with van der Waals surface area (Å²) in [5.41, 5.74) is 1.63. The average Bonchev–Trinajstić information content (AvgIpc) is 3.28. The van der Waals surface area contributed by atoms with Gasteiger partial charge in [0.1, 0.15) is 23.5 Å². The molecule has 4 rings (SSSR count). The third kappa shape index (κ3) is 4.40. The lowest BCUT2D eigenvalue weighted by Gasteiger charge is -2.19. The van der Waals surface area contributed by atoms with Gasteiger partial charge in [0.2, 0.25) is 11.2 Å². The van der Waals surface area contributed by atoms with Crippen molar-refractivity contribution in [2.45, 2.75) is 12.5 Å². The van der Waals surface area contributed by atoms with Crippen molar-refractivity contribution in [3.05, 3.63) is 83.2 Å². The van der Waals surface area contributed by atoms with Gasteiger partial charge in [-0.1, -0.05) is 12.1 Å². The number of halogens is 2. The molecule has 1 aromatic carbocycles. The first-order chi connectivity index (χ1) is 14.0. The van der Waals surface area contributed by atoms with Crippen LogP contribution in [0, 0.1) is 5.82 Å². The molecule has 8 nitrogen and oxygen atoms in total. The summed E-state index contributed by atoms with van der Waals surface area (Å²) < 4.78 is 17.1. The van der Waals surface area contributed by atoms with Gasteiger partial charge in [-0.25, -0.2) is 19.3 Å². The van der Waals surface area contributed by atoms with Crippen LogP contribution in [0.1, 0.15) is 28.9 Å². The lowest BCUT2D eigenvalue weighted by atomic mass is 10.1. The van der Waals surface area contributed by atoms with Crippen LogP contribution in [0.15, 0.2) is 49.2 Å². The molecule has 0 saturated heterocycles. The molecular weight excluding hydrogens is 395 g/mol. The van der Waals surface area contributed by atoms with Crippen LogP contribution in [0.2, 0.25) is 5.28 Å². The Bertz CT molecular complexity index is 1120. The Hall–Kier alpha value is -3.33. The number of nitrogens with one attached hydrogen (secondary N) is 1. The molecule has 0 fully saturated rings. The van der Waals surface area contributed by atoms with Crippen LogP contribution in [0.5, 0.6) is 0 Å². The Labute approximate surface area is 171 Å². The van der Waals surface area contributed by atoms with Gasteiger partial charge in [-0.15, -0.1) is 0 Å². The molecule has 4 aromatic rings. The summed E-state index contributed by atoms with van der Waals surface area (Å²) in [7, 11) is 3.78. The van der Waals surface area contributed by atoms with Gasteiger partial charge in [-0.05, 0) is 29.3 Å². The topological polar surface area (TPSA) is 86.3 Å². The molecule has 1 atom stereocenters. The molecule has 0 radical (unpaired) electrons. The molecular formula is C19H18ClFN8. The number of imidazole rings is 2. The van der Waals surface area contributed by atoms with E-state index in [-0.39, 0.29) is 11.1 Å². The normalized spacial score (nSPS) is 12.1. The van der Waals surface area contributed by atoms with E-state index in [0.717, 1.165) is 17.1 Å². The second-order valence-electron chi connectivity index (χ2n) is 6.58. The van der Waals surface area contributed by atoms with Crippen LogP contribution in [0.3, 0.4) is 0 Å². The Morgan fingerprint density at radius 1 is 1.10 bits per heavy atom. The first kappa shape index (κ1) is 19.0. The predicted molar refractivity (Wildman–Crippen MR) is 106 cm³/mol. The molecule has 29 heavy (non-hydrogen) atoms. The fourth-order valence-electron chi connectivity index (χ4n) is 2.99. The highest BCUT2D eigenvalue weighted by Crippen LogP contribution is 2.25. The number of nitrogens with zero attached hydrogens (tertiary/aromatic N) is 7. The van der Waals surface area contributed by atoms with Crippen molar-refractivity contribution in [3.63, 3.8) is 0 Å². The number of rotatable bonds is 6. The van der Waals surface area contributed by atoms with Crippen molar-refractivity contribution in [1.29, 1.82) is 0 Å². The number of aromatic nitrogens is 7. The number of aryl methyl sites for hydroxylation is 2. The molecule has 0 spiro atoms. The van der Waals surface area contributed by atoms with E-state index in [1.165, 1.54) is 12.1 Å². The summed E-state index contributed by atoms with van der Waals surface area (Å²) in [4.78, 5) is 21.6. The number of hydrogen-bond donors (Lipinski definition) is 1. The van der Waals surface area contributed by atoms with E-state index in [9.17, 15) is 4.39 Å². The number of hydrogen-bond acceptors (Lipinski definition) is 6. The average molecular weight is 413 g/mol.